The minimum absolute atomic E-state index is 0.00361. The van der Waals surface area contributed by atoms with Crippen LogP contribution in [-0.4, -0.2) is 46.4 Å². The molecule has 1 unspecified atom stereocenters. The molecule has 0 spiro atoms. The summed E-state index contributed by atoms with van der Waals surface area (Å²) in [5.74, 6) is 0. The molecule has 3 nitrogen and oxygen atoms in total. The van der Waals surface area contributed by atoms with E-state index in [2.05, 4.69) is 0 Å². The lowest BCUT2D eigenvalue weighted by Gasteiger charge is -2.37. The Hall–Kier alpha value is -0.0600. The Kier molecular flexibility index (Phi) is 5.09. The molecule has 1 rings (SSSR count). The summed E-state index contributed by atoms with van der Waals surface area (Å²) >= 11 is 12.3. The highest BCUT2D eigenvalue weighted by molar-refractivity contribution is 6.32. The van der Waals surface area contributed by atoms with Crippen molar-refractivity contribution in [1.29, 1.82) is 0 Å². The summed E-state index contributed by atoms with van der Waals surface area (Å²) < 4.78 is 0. The van der Waals surface area contributed by atoms with Crippen LogP contribution >= 0.6 is 23.2 Å². The molecular formula is C10H15Cl2NO2. The molecule has 0 saturated heterocycles. The predicted octanol–water partition coefficient (Wildman–Crippen LogP) is 1.29. The zero-order valence-corrected chi connectivity index (χ0v) is 9.88. The summed E-state index contributed by atoms with van der Waals surface area (Å²) in [5.41, 5.74) is 0. The molecule has 0 radical (unpaired) electrons. The van der Waals surface area contributed by atoms with Gasteiger partial charge in [-0.15, -0.1) is 0 Å². The number of nitrogens with zero attached hydrogens (tertiary/aromatic N) is 1. The van der Waals surface area contributed by atoms with Crippen molar-refractivity contribution in [2.24, 2.45) is 0 Å². The zero-order valence-electron chi connectivity index (χ0n) is 8.37. The molecule has 0 fully saturated rings. The van der Waals surface area contributed by atoms with Crippen LogP contribution in [-0.2, 0) is 0 Å². The number of aliphatic hydroxyl groups excluding tert-OH is 2. The summed E-state index contributed by atoms with van der Waals surface area (Å²) in [5, 5.41) is 18.5. The van der Waals surface area contributed by atoms with Crippen molar-refractivity contribution >= 4 is 23.2 Å². The molecule has 0 aromatic carbocycles. The van der Waals surface area contributed by atoms with Gasteiger partial charge in [0.2, 0.25) is 0 Å². The first-order chi connectivity index (χ1) is 7.12. The zero-order chi connectivity index (χ0) is 11.3. The molecule has 0 amide bonds. The van der Waals surface area contributed by atoms with Gasteiger partial charge in [0.05, 0.1) is 13.2 Å². The van der Waals surface area contributed by atoms with Crippen LogP contribution in [0.4, 0.5) is 0 Å². The second-order valence-corrected chi connectivity index (χ2v) is 4.54. The fourth-order valence-electron chi connectivity index (χ4n) is 1.60. The highest BCUT2D eigenvalue weighted by atomic mass is 35.5. The van der Waals surface area contributed by atoms with Crippen LogP contribution in [0.2, 0.25) is 0 Å². The van der Waals surface area contributed by atoms with Gasteiger partial charge in [-0.25, -0.2) is 0 Å². The third kappa shape index (κ3) is 3.47. The van der Waals surface area contributed by atoms with Crippen molar-refractivity contribution in [3.05, 3.63) is 23.3 Å². The number of halogens is 2. The maximum Gasteiger partial charge on any atom is 0.120 e. The third-order valence-corrected chi connectivity index (χ3v) is 3.07. The lowest BCUT2D eigenvalue weighted by Crippen LogP contribution is -2.46. The Balaban J connectivity index is 2.73. The van der Waals surface area contributed by atoms with Crippen molar-refractivity contribution in [2.75, 3.05) is 26.3 Å². The molecule has 0 bridgehead atoms. The molecule has 0 saturated carbocycles. The van der Waals surface area contributed by atoms with Gasteiger partial charge in [0.15, 0.2) is 0 Å². The maximum atomic E-state index is 8.92. The number of allylic oxidation sites excluding steroid dienone is 2. The van der Waals surface area contributed by atoms with Crippen LogP contribution in [0.25, 0.3) is 0 Å². The minimum atomic E-state index is -0.725. The molecule has 0 aromatic rings. The van der Waals surface area contributed by atoms with E-state index in [0.717, 1.165) is 0 Å². The van der Waals surface area contributed by atoms with Crippen molar-refractivity contribution in [3.8, 4) is 0 Å². The monoisotopic (exact) mass is 251 g/mol. The first-order valence-corrected chi connectivity index (χ1v) is 5.57. The van der Waals surface area contributed by atoms with E-state index in [9.17, 15) is 0 Å². The molecule has 1 aliphatic rings. The van der Waals surface area contributed by atoms with Gasteiger partial charge in [-0.3, -0.25) is 4.90 Å². The molecule has 0 heterocycles. The smallest absolute Gasteiger partial charge is 0.120 e. The Bertz CT molecular complexity index is 262. The van der Waals surface area contributed by atoms with Crippen molar-refractivity contribution in [3.63, 3.8) is 0 Å². The number of rotatable bonds is 5. The van der Waals surface area contributed by atoms with E-state index in [1.54, 1.807) is 17.1 Å². The van der Waals surface area contributed by atoms with Crippen LogP contribution in [0.3, 0.4) is 0 Å². The van der Waals surface area contributed by atoms with E-state index in [1.165, 1.54) is 0 Å². The SMILES string of the molecule is OCCN(CCO)C1(Cl)C=CC=C(Cl)C1. The second-order valence-electron chi connectivity index (χ2n) is 3.40. The average Bonchev–Trinajstić information content (AvgIpc) is 2.17. The maximum absolute atomic E-state index is 8.92. The van der Waals surface area contributed by atoms with Gasteiger partial charge in [-0.1, -0.05) is 29.3 Å². The Morgan fingerprint density at radius 3 is 2.40 bits per heavy atom. The van der Waals surface area contributed by atoms with Gasteiger partial charge in [0.25, 0.3) is 0 Å². The molecule has 1 aliphatic carbocycles. The van der Waals surface area contributed by atoms with Crippen LogP contribution in [0.5, 0.6) is 0 Å². The molecule has 15 heavy (non-hydrogen) atoms. The van der Waals surface area contributed by atoms with Gasteiger partial charge < -0.3 is 10.2 Å². The molecule has 0 aliphatic heterocycles. The van der Waals surface area contributed by atoms with Crippen molar-refractivity contribution in [1.82, 2.24) is 4.90 Å². The minimum Gasteiger partial charge on any atom is -0.395 e. The van der Waals surface area contributed by atoms with E-state index in [4.69, 9.17) is 33.4 Å². The third-order valence-electron chi connectivity index (χ3n) is 2.31. The number of hydrogen-bond acceptors (Lipinski definition) is 3. The van der Waals surface area contributed by atoms with E-state index >= 15 is 0 Å². The van der Waals surface area contributed by atoms with Crippen LogP contribution in [0, 0.1) is 0 Å². The summed E-state index contributed by atoms with van der Waals surface area (Å²) in [6, 6.07) is 0. The predicted molar refractivity (Wildman–Crippen MR) is 62.0 cm³/mol. The first kappa shape index (κ1) is 13.0. The molecule has 2 N–H and O–H groups in total. The summed E-state index contributed by atoms with van der Waals surface area (Å²) in [6.45, 7) is 0.838. The van der Waals surface area contributed by atoms with E-state index in [-0.39, 0.29) is 13.2 Å². The average molecular weight is 252 g/mol. The van der Waals surface area contributed by atoms with Crippen molar-refractivity contribution < 1.29 is 10.2 Å². The summed E-state index contributed by atoms with van der Waals surface area (Å²) in [6.07, 6.45) is 5.90. The van der Waals surface area contributed by atoms with Gasteiger partial charge in [-0.05, 0) is 12.2 Å². The Morgan fingerprint density at radius 1 is 1.33 bits per heavy atom. The molecule has 0 aromatic heterocycles. The number of aliphatic hydroxyl groups is 2. The second kappa shape index (κ2) is 5.87. The fraction of sp³-hybridized carbons (Fsp3) is 0.600. The molecule has 5 heteroatoms. The van der Waals surface area contributed by atoms with Gasteiger partial charge in [-0.2, -0.15) is 0 Å². The van der Waals surface area contributed by atoms with E-state index < -0.39 is 5.00 Å². The van der Waals surface area contributed by atoms with Gasteiger partial charge in [0, 0.05) is 24.5 Å². The van der Waals surface area contributed by atoms with Crippen LogP contribution < -0.4 is 0 Å². The number of alkyl halides is 1. The van der Waals surface area contributed by atoms with Crippen LogP contribution in [0.15, 0.2) is 23.3 Å². The lowest BCUT2D eigenvalue weighted by atomic mass is 10.1. The molecule has 86 valence electrons. The molecule has 1 atom stereocenters. The lowest BCUT2D eigenvalue weighted by molar-refractivity contribution is 0.121. The van der Waals surface area contributed by atoms with Gasteiger partial charge >= 0.3 is 0 Å². The normalized spacial score (nSPS) is 25.8. The van der Waals surface area contributed by atoms with Crippen molar-refractivity contribution in [2.45, 2.75) is 11.4 Å². The largest absolute Gasteiger partial charge is 0.395 e. The topological polar surface area (TPSA) is 43.7 Å². The van der Waals surface area contributed by atoms with Gasteiger partial charge in [0.1, 0.15) is 5.00 Å². The standard InChI is InChI=1S/C10H15Cl2NO2/c11-9-2-1-3-10(12,8-9)13(4-6-14)5-7-15/h1-3,14-15H,4-8H2. The van der Waals surface area contributed by atoms with E-state index in [1.807, 2.05) is 6.08 Å². The van der Waals surface area contributed by atoms with E-state index in [0.29, 0.717) is 24.5 Å². The first-order valence-electron chi connectivity index (χ1n) is 4.82. The highest BCUT2D eigenvalue weighted by Crippen LogP contribution is 2.34. The number of hydrogen-bond donors (Lipinski definition) is 2. The molecular weight excluding hydrogens is 237 g/mol. The fourth-order valence-corrected chi connectivity index (χ4v) is 2.33. The highest BCUT2D eigenvalue weighted by Gasteiger charge is 2.33. The Labute approximate surface area is 99.6 Å². The quantitative estimate of drug-likeness (QED) is 0.572. The summed E-state index contributed by atoms with van der Waals surface area (Å²) in [7, 11) is 0. The Morgan fingerprint density at radius 2 is 1.93 bits per heavy atom. The summed E-state index contributed by atoms with van der Waals surface area (Å²) in [4.78, 5) is 1.08. The van der Waals surface area contributed by atoms with Crippen LogP contribution in [0.1, 0.15) is 6.42 Å².